The van der Waals surface area contributed by atoms with Crippen LogP contribution in [0.25, 0.3) is 0 Å². The van der Waals surface area contributed by atoms with Crippen LogP contribution >= 0.6 is 0 Å². The number of hydrogen-bond acceptors (Lipinski definition) is 5. The van der Waals surface area contributed by atoms with Gasteiger partial charge in [0.25, 0.3) is 5.69 Å². The minimum Gasteiger partial charge on any atom is -0.491 e. The standard InChI is InChI=1S/C19H22FN3O4/c20-18-3-1-2-4-19(18)22-11-9-21(10-12-22)13-16(24)14-27-17-7-5-15(6-8-17)23(25)26/h1-8,16,24H,9-14H2/p+1/t16-/m0/s1. The number of nitrogens with one attached hydrogen (secondary N) is 1. The van der Waals surface area contributed by atoms with Gasteiger partial charge in [-0.15, -0.1) is 0 Å². The molecule has 144 valence electrons. The van der Waals surface area contributed by atoms with Gasteiger partial charge in [0, 0.05) is 12.1 Å². The number of nitro benzene ring substituents is 1. The van der Waals surface area contributed by atoms with Crippen molar-refractivity contribution in [3.05, 3.63) is 64.5 Å². The van der Waals surface area contributed by atoms with Crippen molar-refractivity contribution in [2.24, 2.45) is 0 Å². The van der Waals surface area contributed by atoms with Crippen LogP contribution in [0.5, 0.6) is 5.75 Å². The lowest BCUT2D eigenvalue weighted by atomic mass is 10.2. The molecule has 1 aliphatic heterocycles. The van der Waals surface area contributed by atoms with Gasteiger partial charge in [0.2, 0.25) is 0 Å². The predicted molar refractivity (Wildman–Crippen MR) is 98.8 cm³/mol. The number of aliphatic hydroxyl groups excluding tert-OH is 1. The van der Waals surface area contributed by atoms with E-state index < -0.39 is 11.0 Å². The maximum absolute atomic E-state index is 13.9. The van der Waals surface area contributed by atoms with Gasteiger partial charge in [-0.05, 0) is 24.3 Å². The van der Waals surface area contributed by atoms with Gasteiger partial charge in [-0.25, -0.2) is 4.39 Å². The van der Waals surface area contributed by atoms with Gasteiger partial charge in [0.15, 0.2) is 0 Å². The highest BCUT2D eigenvalue weighted by Gasteiger charge is 2.24. The first-order valence-corrected chi connectivity index (χ1v) is 8.91. The van der Waals surface area contributed by atoms with Crippen LogP contribution in [0, 0.1) is 15.9 Å². The summed E-state index contributed by atoms with van der Waals surface area (Å²) in [6.07, 6.45) is -0.643. The monoisotopic (exact) mass is 376 g/mol. The highest BCUT2D eigenvalue weighted by molar-refractivity contribution is 5.47. The second kappa shape index (κ2) is 8.79. The van der Waals surface area contributed by atoms with Crippen LogP contribution in [-0.2, 0) is 0 Å². The number of halogens is 1. The van der Waals surface area contributed by atoms with Gasteiger partial charge in [-0.3, -0.25) is 10.1 Å². The molecule has 0 saturated carbocycles. The quantitative estimate of drug-likeness (QED) is 0.554. The zero-order valence-electron chi connectivity index (χ0n) is 14.9. The molecule has 2 N–H and O–H groups in total. The maximum Gasteiger partial charge on any atom is 0.269 e. The number of piperazine rings is 1. The van der Waals surface area contributed by atoms with Gasteiger partial charge >= 0.3 is 0 Å². The van der Waals surface area contributed by atoms with E-state index in [9.17, 15) is 19.6 Å². The van der Waals surface area contributed by atoms with Crippen molar-refractivity contribution in [1.29, 1.82) is 0 Å². The number of aliphatic hydroxyl groups is 1. The van der Waals surface area contributed by atoms with Crippen LogP contribution in [0.3, 0.4) is 0 Å². The maximum atomic E-state index is 13.9. The van der Waals surface area contributed by atoms with Crippen molar-refractivity contribution in [3.8, 4) is 5.75 Å². The molecule has 2 aromatic rings. The third kappa shape index (κ3) is 5.15. The molecule has 1 heterocycles. The van der Waals surface area contributed by atoms with Gasteiger partial charge in [-0.1, -0.05) is 12.1 Å². The summed E-state index contributed by atoms with van der Waals surface area (Å²) in [4.78, 5) is 13.4. The number of quaternary nitrogens is 1. The largest absolute Gasteiger partial charge is 0.491 e. The van der Waals surface area contributed by atoms with Crippen LogP contribution in [0.4, 0.5) is 15.8 Å². The lowest BCUT2D eigenvalue weighted by Crippen LogP contribution is -3.16. The molecule has 0 spiro atoms. The third-order valence-electron chi connectivity index (χ3n) is 4.68. The summed E-state index contributed by atoms with van der Waals surface area (Å²) in [5.41, 5.74) is 0.624. The Balaban J connectivity index is 1.42. The minimum atomic E-state index is -0.643. The van der Waals surface area contributed by atoms with Crippen molar-refractivity contribution in [3.63, 3.8) is 0 Å². The lowest BCUT2D eigenvalue weighted by molar-refractivity contribution is -0.903. The van der Waals surface area contributed by atoms with Crippen molar-refractivity contribution < 1.29 is 24.1 Å². The highest BCUT2D eigenvalue weighted by atomic mass is 19.1. The number of nitro groups is 1. The Kier molecular flexibility index (Phi) is 6.20. The number of benzene rings is 2. The van der Waals surface area contributed by atoms with Crippen molar-refractivity contribution in [1.82, 2.24) is 0 Å². The van der Waals surface area contributed by atoms with E-state index in [1.807, 2.05) is 11.0 Å². The molecular formula is C19H23FN3O4+. The van der Waals surface area contributed by atoms with Crippen LogP contribution in [0.1, 0.15) is 0 Å². The molecule has 0 bridgehead atoms. The van der Waals surface area contributed by atoms with Crippen molar-refractivity contribution >= 4 is 11.4 Å². The molecule has 8 heteroatoms. The Bertz CT molecular complexity index is 764. The van der Waals surface area contributed by atoms with E-state index in [4.69, 9.17) is 4.74 Å². The summed E-state index contributed by atoms with van der Waals surface area (Å²) in [6.45, 7) is 3.74. The zero-order valence-corrected chi connectivity index (χ0v) is 14.9. The van der Waals surface area contributed by atoms with Crippen molar-refractivity contribution in [2.75, 3.05) is 44.2 Å². The number of non-ortho nitro benzene ring substituents is 1. The summed E-state index contributed by atoms with van der Waals surface area (Å²) in [5.74, 6) is 0.275. The molecule has 1 aliphatic rings. The lowest BCUT2D eigenvalue weighted by Gasteiger charge is -2.34. The Morgan fingerprint density at radius 1 is 1.19 bits per heavy atom. The molecule has 2 aromatic carbocycles. The average molecular weight is 376 g/mol. The predicted octanol–water partition coefficient (Wildman–Crippen LogP) is 0.879. The number of hydrogen-bond donors (Lipinski definition) is 2. The first-order valence-electron chi connectivity index (χ1n) is 8.91. The van der Waals surface area contributed by atoms with E-state index in [-0.39, 0.29) is 18.1 Å². The Morgan fingerprint density at radius 3 is 2.48 bits per heavy atom. The van der Waals surface area contributed by atoms with Crippen LogP contribution in [-0.4, -0.2) is 55.5 Å². The molecule has 0 aliphatic carbocycles. The molecule has 7 nitrogen and oxygen atoms in total. The normalized spacial score (nSPS) is 16.1. The third-order valence-corrected chi connectivity index (χ3v) is 4.68. The highest BCUT2D eigenvalue weighted by Crippen LogP contribution is 2.18. The first-order chi connectivity index (χ1) is 13.0. The second-order valence-electron chi connectivity index (χ2n) is 6.61. The van der Waals surface area contributed by atoms with Gasteiger partial charge in [0.1, 0.15) is 30.8 Å². The molecule has 1 fully saturated rings. The molecular weight excluding hydrogens is 353 g/mol. The smallest absolute Gasteiger partial charge is 0.269 e. The van der Waals surface area contributed by atoms with E-state index in [0.717, 1.165) is 26.2 Å². The number of rotatable bonds is 7. The fourth-order valence-electron chi connectivity index (χ4n) is 3.22. The van der Waals surface area contributed by atoms with E-state index in [1.165, 1.54) is 35.2 Å². The summed E-state index contributed by atoms with van der Waals surface area (Å²) in [7, 11) is 0. The molecule has 0 radical (unpaired) electrons. The fourth-order valence-corrected chi connectivity index (χ4v) is 3.22. The van der Waals surface area contributed by atoms with Gasteiger partial charge < -0.3 is 19.6 Å². The number of para-hydroxylation sites is 1. The SMILES string of the molecule is O=[N+]([O-])c1ccc(OC[C@@H](O)C[NH+]2CCN(c3ccccc3F)CC2)cc1. The Morgan fingerprint density at radius 2 is 1.85 bits per heavy atom. The summed E-state index contributed by atoms with van der Waals surface area (Å²) in [5, 5.41) is 20.8. The summed E-state index contributed by atoms with van der Waals surface area (Å²) >= 11 is 0. The van der Waals surface area contributed by atoms with Crippen LogP contribution in [0.2, 0.25) is 0 Å². The fraction of sp³-hybridized carbons (Fsp3) is 0.368. The van der Waals surface area contributed by atoms with Crippen molar-refractivity contribution in [2.45, 2.75) is 6.10 Å². The minimum absolute atomic E-state index is 0.0000617. The molecule has 1 saturated heterocycles. The van der Waals surface area contributed by atoms with Crippen LogP contribution < -0.4 is 14.5 Å². The average Bonchev–Trinajstić information content (AvgIpc) is 2.68. The topological polar surface area (TPSA) is 80.3 Å². The van der Waals surface area contributed by atoms with E-state index in [0.29, 0.717) is 18.0 Å². The number of nitrogens with zero attached hydrogens (tertiary/aromatic N) is 2. The van der Waals surface area contributed by atoms with E-state index in [2.05, 4.69) is 0 Å². The number of anilines is 1. The Hall–Kier alpha value is -2.71. The summed E-state index contributed by atoms with van der Waals surface area (Å²) < 4.78 is 19.4. The molecule has 27 heavy (non-hydrogen) atoms. The van der Waals surface area contributed by atoms with Gasteiger partial charge in [0.05, 0.1) is 36.8 Å². The molecule has 0 aromatic heterocycles. The first kappa shape index (κ1) is 19.1. The molecule has 0 amide bonds. The van der Waals surface area contributed by atoms with E-state index in [1.54, 1.807) is 12.1 Å². The van der Waals surface area contributed by atoms with Gasteiger partial charge in [-0.2, -0.15) is 0 Å². The zero-order chi connectivity index (χ0) is 19.2. The molecule has 3 rings (SSSR count). The molecule has 0 unspecified atom stereocenters. The van der Waals surface area contributed by atoms with E-state index >= 15 is 0 Å². The summed E-state index contributed by atoms with van der Waals surface area (Å²) in [6, 6.07) is 12.5. The Labute approximate surface area is 156 Å². The van der Waals surface area contributed by atoms with Crippen LogP contribution in [0.15, 0.2) is 48.5 Å². The second-order valence-corrected chi connectivity index (χ2v) is 6.61. The number of ether oxygens (including phenoxy) is 1. The molecule has 1 atom stereocenters.